The number of rotatable bonds is 6. The van der Waals surface area contributed by atoms with Crippen molar-refractivity contribution in [2.75, 3.05) is 0 Å². The second-order valence-corrected chi connectivity index (χ2v) is 5.58. The number of benzene rings is 1. The molecule has 0 aliphatic rings. The molecule has 0 unspecified atom stereocenters. The van der Waals surface area contributed by atoms with Crippen LogP contribution in [0.25, 0.3) is 5.70 Å². The Morgan fingerprint density at radius 2 is 1.96 bits per heavy atom. The third kappa shape index (κ3) is 3.88. The van der Waals surface area contributed by atoms with Gasteiger partial charge in [-0.3, -0.25) is 5.41 Å². The van der Waals surface area contributed by atoms with Gasteiger partial charge in [-0.1, -0.05) is 18.2 Å². The minimum Gasteiger partial charge on any atom is -0.379 e. The molecule has 24 heavy (non-hydrogen) atoms. The molecule has 0 saturated carbocycles. The summed E-state index contributed by atoms with van der Waals surface area (Å²) >= 11 is 1.45. The van der Waals surface area contributed by atoms with Crippen molar-refractivity contribution in [3.8, 4) is 0 Å². The molecule has 3 rings (SSSR count). The third-order valence-corrected chi connectivity index (χ3v) is 3.82. The second kappa shape index (κ2) is 7.56. The maximum absolute atomic E-state index is 13.8. The number of nitrogens with one attached hydrogen (secondary N) is 2. The fraction of sp³-hybridized carbons (Fsp3) is 0.0588. The maximum atomic E-state index is 13.8. The molecule has 7 heteroatoms. The Balaban J connectivity index is 1.83. The van der Waals surface area contributed by atoms with E-state index < -0.39 is 0 Å². The molecular formula is C17H14FN5S. The van der Waals surface area contributed by atoms with Crippen molar-refractivity contribution in [3.05, 3.63) is 82.6 Å². The zero-order valence-corrected chi connectivity index (χ0v) is 13.4. The van der Waals surface area contributed by atoms with Crippen LogP contribution in [0.1, 0.15) is 17.1 Å². The Labute approximate surface area is 142 Å². The van der Waals surface area contributed by atoms with Gasteiger partial charge in [0.15, 0.2) is 5.82 Å². The molecule has 0 atom stereocenters. The highest BCUT2D eigenvalue weighted by Gasteiger charge is 2.09. The van der Waals surface area contributed by atoms with Gasteiger partial charge in [0.2, 0.25) is 0 Å². The maximum Gasteiger partial charge on any atom is 0.177 e. The number of hydrogen-bond acceptors (Lipinski definition) is 6. The smallest absolute Gasteiger partial charge is 0.177 e. The average Bonchev–Trinajstić information content (AvgIpc) is 3.15. The van der Waals surface area contributed by atoms with Crippen molar-refractivity contribution in [1.29, 1.82) is 5.41 Å². The van der Waals surface area contributed by atoms with E-state index in [0.29, 0.717) is 29.3 Å². The average molecular weight is 339 g/mol. The molecule has 0 spiro atoms. The van der Waals surface area contributed by atoms with E-state index in [2.05, 4.69) is 20.3 Å². The van der Waals surface area contributed by atoms with E-state index in [-0.39, 0.29) is 11.5 Å². The fourth-order valence-electron chi connectivity index (χ4n) is 2.04. The van der Waals surface area contributed by atoms with Gasteiger partial charge < -0.3 is 5.32 Å². The van der Waals surface area contributed by atoms with E-state index in [1.54, 1.807) is 48.2 Å². The first-order chi connectivity index (χ1) is 11.7. The van der Waals surface area contributed by atoms with Crippen LogP contribution in [-0.4, -0.2) is 20.7 Å². The Morgan fingerprint density at radius 3 is 2.67 bits per heavy atom. The van der Waals surface area contributed by atoms with E-state index in [1.807, 2.05) is 5.38 Å². The van der Waals surface area contributed by atoms with Gasteiger partial charge in [0.05, 0.1) is 16.9 Å². The van der Waals surface area contributed by atoms with Crippen molar-refractivity contribution in [2.45, 2.75) is 6.54 Å². The lowest BCUT2D eigenvalue weighted by Gasteiger charge is -2.10. The van der Waals surface area contributed by atoms with Gasteiger partial charge in [-0.05, 0) is 18.2 Å². The fourth-order valence-corrected chi connectivity index (χ4v) is 2.59. The van der Waals surface area contributed by atoms with Gasteiger partial charge >= 0.3 is 0 Å². The molecule has 2 aromatic heterocycles. The van der Waals surface area contributed by atoms with Gasteiger partial charge in [0, 0.05) is 29.9 Å². The van der Waals surface area contributed by atoms with Crippen LogP contribution in [0.4, 0.5) is 4.39 Å². The van der Waals surface area contributed by atoms with Gasteiger partial charge in [-0.15, -0.1) is 11.3 Å². The van der Waals surface area contributed by atoms with Crippen molar-refractivity contribution in [3.63, 3.8) is 0 Å². The van der Waals surface area contributed by atoms with Crippen LogP contribution in [0.2, 0.25) is 0 Å². The largest absolute Gasteiger partial charge is 0.379 e. The minimum atomic E-state index is -0.274. The second-order valence-electron chi connectivity index (χ2n) is 4.86. The van der Waals surface area contributed by atoms with Crippen LogP contribution >= 0.6 is 11.3 Å². The molecule has 0 aliphatic heterocycles. The van der Waals surface area contributed by atoms with Gasteiger partial charge in [0.1, 0.15) is 11.5 Å². The van der Waals surface area contributed by atoms with Gasteiger partial charge in [-0.2, -0.15) is 0 Å². The van der Waals surface area contributed by atoms with E-state index in [9.17, 15) is 4.39 Å². The van der Waals surface area contributed by atoms with E-state index in [1.165, 1.54) is 17.4 Å². The highest BCUT2D eigenvalue weighted by atomic mass is 32.1. The zero-order chi connectivity index (χ0) is 16.8. The summed E-state index contributed by atoms with van der Waals surface area (Å²) in [5.41, 5.74) is 3.71. The molecule has 1 aromatic carbocycles. The van der Waals surface area contributed by atoms with Gasteiger partial charge in [-0.25, -0.2) is 19.3 Å². The van der Waals surface area contributed by atoms with Gasteiger partial charge in [0.25, 0.3) is 0 Å². The molecular weight excluding hydrogens is 325 g/mol. The van der Waals surface area contributed by atoms with Crippen molar-refractivity contribution in [2.24, 2.45) is 0 Å². The number of halogens is 1. The highest BCUT2D eigenvalue weighted by Crippen LogP contribution is 2.14. The van der Waals surface area contributed by atoms with Crippen LogP contribution in [0, 0.1) is 11.2 Å². The van der Waals surface area contributed by atoms with E-state index in [4.69, 9.17) is 5.41 Å². The molecule has 120 valence electrons. The summed E-state index contributed by atoms with van der Waals surface area (Å²) in [6.07, 6.45) is 4.77. The Hall–Kier alpha value is -2.93. The number of allylic oxidation sites excluding steroid dienone is 1. The molecule has 0 radical (unpaired) electrons. The zero-order valence-electron chi connectivity index (χ0n) is 12.6. The molecule has 0 bridgehead atoms. The molecule has 0 aliphatic carbocycles. The summed E-state index contributed by atoms with van der Waals surface area (Å²) < 4.78 is 13.8. The number of thiazole rings is 1. The number of hydrogen-bond donors (Lipinski definition) is 2. The lowest BCUT2D eigenvalue weighted by atomic mass is 10.2. The first kappa shape index (κ1) is 15.9. The SMILES string of the molecule is N=C(/C=C(\NCc1ccccc1F)c1cscn1)c1ncccn1. The van der Waals surface area contributed by atoms with Crippen LogP contribution < -0.4 is 5.32 Å². The van der Waals surface area contributed by atoms with Crippen molar-refractivity contribution >= 4 is 22.7 Å². The van der Waals surface area contributed by atoms with E-state index >= 15 is 0 Å². The lowest BCUT2D eigenvalue weighted by molar-refractivity contribution is 0.605. The molecule has 0 fully saturated rings. The summed E-state index contributed by atoms with van der Waals surface area (Å²) in [4.78, 5) is 12.4. The highest BCUT2D eigenvalue weighted by molar-refractivity contribution is 7.07. The molecule has 0 amide bonds. The Morgan fingerprint density at radius 1 is 1.17 bits per heavy atom. The molecule has 5 nitrogen and oxygen atoms in total. The predicted octanol–water partition coefficient (Wildman–Crippen LogP) is 3.27. The Bertz CT molecular complexity index is 846. The summed E-state index contributed by atoms with van der Waals surface area (Å²) in [6.45, 7) is 0.291. The predicted molar refractivity (Wildman–Crippen MR) is 92.2 cm³/mol. The number of aromatic nitrogens is 3. The van der Waals surface area contributed by atoms with Crippen LogP contribution in [-0.2, 0) is 6.54 Å². The van der Waals surface area contributed by atoms with Crippen LogP contribution in [0.3, 0.4) is 0 Å². The summed E-state index contributed by atoms with van der Waals surface area (Å²) in [6, 6.07) is 8.26. The molecule has 3 aromatic rings. The molecule has 0 saturated heterocycles. The minimum absolute atomic E-state index is 0.152. The monoisotopic (exact) mass is 339 g/mol. The quantitative estimate of drug-likeness (QED) is 0.676. The topological polar surface area (TPSA) is 74.6 Å². The number of nitrogens with zero attached hydrogens (tertiary/aromatic N) is 3. The normalized spacial score (nSPS) is 11.3. The van der Waals surface area contributed by atoms with Crippen LogP contribution in [0.15, 0.2) is 59.7 Å². The first-order valence-corrected chi connectivity index (χ1v) is 8.12. The third-order valence-electron chi connectivity index (χ3n) is 3.23. The molecule has 2 N–H and O–H groups in total. The lowest BCUT2D eigenvalue weighted by Crippen LogP contribution is -2.15. The van der Waals surface area contributed by atoms with Crippen molar-refractivity contribution in [1.82, 2.24) is 20.3 Å². The van der Waals surface area contributed by atoms with Crippen molar-refractivity contribution < 1.29 is 4.39 Å². The Kier molecular flexibility index (Phi) is 5.02. The summed E-state index contributed by atoms with van der Waals surface area (Å²) in [5, 5.41) is 13.2. The summed E-state index contributed by atoms with van der Waals surface area (Å²) in [7, 11) is 0. The molecule has 2 heterocycles. The summed E-state index contributed by atoms with van der Waals surface area (Å²) in [5.74, 6) is 0.0435. The van der Waals surface area contributed by atoms with Crippen LogP contribution in [0.5, 0.6) is 0 Å². The first-order valence-electron chi connectivity index (χ1n) is 7.17. The van der Waals surface area contributed by atoms with E-state index in [0.717, 1.165) is 0 Å². The standard InChI is InChI=1S/C17H14FN5S/c18-13-5-2-1-4-12(13)9-22-15(16-10-24-11-23-16)8-14(19)17-20-6-3-7-21-17/h1-8,10-11,19,22H,9H2/b15-8-,19-14?.